The lowest BCUT2D eigenvalue weighted by atomic mass is 10.1. The van der Waals surface area contributed by atoms with Gasteiger partial charge in [-0.25, -0.2) is 8.78 Å². The van der Waals surface area contributed by atoms with E-state index in [0.717, 1.165) is 5.56 Å². The van der Waals surface area contributed by atoms with Crippen LogP contribution < -0.4 is 0 Å². The lowest BCUT2D eigenvalue weighted by Gasteiger charge is -1.97. The van der Waals surface area contributed by atoms with Crippen LogP contribution in [0.15, 0.2) is 46.9 Å². The quantitative estimate of drug-likeness (QED) is 0.691. The van der Waals surface area contributed by atoms with E-state index in [1.54, 1.807) is 30.4 Å². The Bertz CT molecular complexity index is 861. The minimum absolute atomic E-state index is 0.289. The molecule has 0 saturated carbocycles. The molecule has 6 heteroatoms. The van der Waals surface area contributed by atoms with Crippen molar-refractivity contribution in [3.63, 3.8) is 0 Å². The van der Waals surface area contributed by atoms with Gasteiger partial charge < -0.3 is 4.42 Å². The Labute approximate surface area is 136 Å². The Morgan fingerprint density at radius 2 is 1.83 bits per heavy atom. The fourth-order valence-electron chi connectivity index (χ4n) is 2.02. The van der Waals surface area contributed by atoms with Crippen LogP contribution in [0.2, 0.25) is 5.02 Å². The lowest BCUT2D eigenvalue weighted by Crippen LogP contribution is -1.89. The van der Waals surface area contributed by atoms with Gasteiger partial charge >= 0.3 is 0 Å². The summed E-state index contributed by atoms with van der Waals surface area (Å²) < 4.78 is 31.6. The van der Waals surface area contributed by atoms with Crippen LogP contribution in [0.4, 0.5) is 8.78 Å². The first-order chi connectivity index (χ1) is 11.1. The third-order valence-corrected chi connectivity index (χ3v) is 3.42. The molecule has 0 fully saturated rings. The molecule has 116 valence electrons. The number of benzene rings is 2. The highest BCUT2D eigenvalue weighted by Gasteiger charge is 2.06. The summed E-state index contributed by atoms with van der Waals surface area (Å²) in [6.45, 7) is 0. The summed E-state index contributed by atoms with van der Waals surface area (Å²) in [5.74, 6) is -0.0485. The first-order valence-corrected chi connectivity index (χ1v) is 7.18. The van der Waals surface area contributed by atoms with Crippen LogP contribution in [0.25, 0.3) is 12.2 Å². The molecule has 0 atom stereocenters. The maximum atomic E-state index is 13.1. The first-order valence-electron chi connectivity index (χ1n) is 6.80. The van der Waals surface area contributed by atoms with Crippen molar-refractivity contribution >= 4 is 23.8 Å². The van der Waals surface area contributed by atoms with E-state index in [1.807, 2.05) is 0 Å². The van der Waals surface area contributed by atoms with Crippen molar-refractivity contribution in [1.82, 2.24) is 10.2 Å². The van der Waals surface area contributed by atoms with E-state index < -0.39 is 5.82 Å². The molecule has 3 rings (SSSR count). The summed E-state index contributed by atoms with van der Waals surface area (Å²) in [5.41, 5.74) is 1.38. The Kier molecular flexibility index (Phi) is 4.48. The maximum absolute atomic E-state index is 13.1. The van der Waals surface area contributed by atoms with Crippen LogP contribution in [-0.2, 0) is 6.42 Å². The SMILES string of the molecule is Fc1cccc(Cc2nnc(/C=C/c3ccc(F)cc3Cl)o2)c1. The molecular formula is C17H11ClF2N2O. The lowest BCUT2D eigenvalue weighted by molar-refractivity contribution is 0.496. The van der Waals surface area contributed by atoms with Gasteiger partial charge in [-0.2, -0.15) is 0 Å². The Morgan fingerprint density at radius 3 is 2.61 bits per heavy atom. The van der Waals surface area contributed by atoms with E-state index in [0.29, 0.717) is 22.9 Å². The summed E-state index contributed by atoms with van der Waals surface area (Å²) in [7, 11) is 0. The minimum Gasteiger partial charge on any atom is -0.421 e. The molecule has 0 aliphatic heterocycles. The maximum Gasteiger partial charge on any atom is 0.240 e. The van der Waals surface area contributed by atoms with Gasteiger partial charge in [0, 0.05) is 6.08 Å². The van der Waals surface area contributed by atoms with Gasteiger partial charge in [0.15, 0.2) is 0 Å². The predicted octanol–water partition coefficient (Wildman–Crippen LogP) is 4.76. The average molecular weight is 333 g/mol. The van der Waals surface area contributed by atoms with Crippen LogP contribution >= 0.6 is 11.6 Å². The van der Waals surface area contributed by atoms with Gasteiger partial charge in [0.05, 0.1) is 11.4 Å². The standard InChI is InChI=1S/C17H11ClF2N2O/c18-15-10-14(20)6-4-12(15)5-7-16-21-22-17(23-16)9-11-2-1-3-13(19)8-11/h1-8,10H,9H2/b7-5+. The van der Waals surface area contributed by atoms with E-state index in [4.69, 9.17) is 16.0 Å². The zero-order valence-corrected chi connectivity index (χ0v) is 12.6. The van der Waals surface area contributed by atoms with E-state index in [2.05, 4.69) is 10.2 Å². The second-order valence-corrected chi connectivity index (χ2v) is 5.25. The molecule has 3 aromatic rings. The van der Waals surface area contributed by atoms with Crippen LogP contribution in [0.1, 0.15) is 22.9 Å². The van der Waals surface area contributed by atoms with Gasteiger partial charge in [-0.1, -0.05) is 29.8 Å². The molecule has 1 aromatic heterocycles. The molecule has 2 aromatic carbocycles. The number of hydrogen-bond donors (Lipinski definition) is 0. The summed E-state index contributed by atoms with van der Waals surface area (Å²) >= 11 is 5.93. The molecule has 0 aliphatic carbocycles. The highest BCUT2D eigenvalue weighted by Crippen LogP contribution is 2.20. The summed E-state index contributed by atoms with van der Waals surface area (Å²) in [4.78, 5) is 0. The van der Waals surface area contributed by atoms with E-state index in [-0.39, 0.29) is 11.7 Å². The first kappa shape index (κ1) is 15.4. The average Bonchev–Trinajstić information content (AvgIpc) is 2.94. The molecule has 1 heterocycles. The third kappa shape index (κ3) is 4.02. The molecule has 0 bridgehead atoms. The number of aromatic nitrogens is 2. The van der Waals surface area contributed by atoms with Gasteiger partial charge in [0.25, 0.3) is 0 Å². The molecular weight excluding hydrogens is 322 g/mol. The molecule has 23 heavy (non-hydrogen) atoms. The highest BCUT2D eigenvalue weighted by molar-refractivity contribution is 6.32. The molecule has 0 spiro atoms. The number of nitrogens with zero attached hydrogens (tertiary/aromatic N) is 2. The third-order valence-electron chi connectivity index (χ3n) is 3.09. The van der Waals surface area contributed by atoms with Gasteiger partial charge in [-0.15, -0.1) is 10.2 Å². The molecule has 0 unspecified atom stereocenters. The monoisotopic (exact) mass is 332 g/mol. The molecule has 0 saturated heterocycles. The molecule has 0 radical (unpaired) electrons. The predicted molar refractivity (Wildman–Crippen MR) is 83.8 cm³/mol. The zero-order chi connectivity index (χ0) is 16.2. The summed E-state index contributed by atoms with van der Waals surface area (Å²) in [6.07, 6.45) is 3.58. The van der Waals surface area contributed by atoms with E-state index in [1.165, 1.54) is 24.3 Å². The second kappa shape index (κ2) is 6.71. The number of rotatable bonds is 4. The second-order valence-electron chi connectivity index (χ2n) is 4.84. The topological polar surface area (TPSA) is 38.9 Å². The highest BCUT2D eigenvalue weighted by atomic mass is 35.5. The molecule has 0 aliphatic rings. The molecule has 3 nitrogen and oxygen atoms in total. The Balaban J connectivity index is 1.73. The smallest absolute Gasteiger partial charge is 0.240 e. The number of halogens is 3. The van der Waals surface area contributed by atoms with Crippen molar-refractivity contribution in [2.45, 2.75) is 6.42 Å². The zero-order valence-electron chi connectivity index (χ0n) is 11.8. The van der Waals surface area contributed by atoms with Crippen molar-refractivity contribution < 1.29 is 13.2 Å². The summed E-state index contributed by atoms with van der Waals surface area (Å²) in [5, 5.41) is 8.08. The van der Waals surface area contributed by atoms with Gasteiger partial charge in [-0.3, -0.25) is 0 Å². The van der Waals surface area contributed by atoms with Crippen LogP contribution in [0.5, 0.6) is 0 Å². The van der Waals surface area contributed by atoms with Crippen LogP contribution in [0, 0.1) is 11.6 Å². The Morgan fingerprint density at radius 1 is 1.00 bits per heavy atom. The van der Waals surface area contributed by atoms with Crippen molar-refractivity contribution in [3.8, 4) is 0 Å². The normalized spacial score (nSPS) is 11.3. The van der Waals surface area contributed by atoms with Gasteiger partial charge in [0.2, 0.25) is 11.8 Å². The van der Waals surface area contributed by atoms with Crippen LogP contribution in [0.3, 0.4) is 0 Å². The fourth-order valence-corrected chi connectivity index (χ4v) is 2.25. The van der Waals surface area contributed by atoms with Gasteiger partial charge in [-0.05, 0) is 41.5 Å². The van der Waals surface area contributed by atoms with Crippen LogP contribution in [-0.4, -0.2) is 10.2 Å². The Hall–Kier alpha value is -2.53. The van der Waals surface area contributed by atoms with Gasteiger partial charge in [0.1, 0.15) is 11.6 Å². The summed E-state index contributed by atoms with van der Waals surface area (Å²) in [6, 6.07) is 10.3. The van der Waals surface area contributed by atoms with E-state index in [9.17, 15) is 8.78 Å². The van der Waals surface area contributed by atoms with Crippen molar-refractivity contribution in [1.29, 1.82) is 0 Å². The van der Waals surface area contributed by atoms with Crippen molar-refractivity contribution in [2.75, 3.05) is 0 Å². The fraction of sp³-hybridized carbons (Fsp3) is 0.0588. The minimum atomic E-state index is -0.401. The van der Waals surface area contributed by atoms with E-state index >= 15 is 0 Å². The molecule has 0 N–H and O–H groups in total. The largest absolute Gasteiger partial charge is 0.421 e. The van der Waals surface area contributed by atoms with Crippen molar-refractivity contribution in [3.05, 3.63) is 82.0 Å². The van der Waals surface area contributed by atoms with Crippen molar-refractivity contribution in [2.24, 2.45) is 0 Å². The molecule has 0 amide bonds. The number of hydrogen-bond acceptors (Lipinski definition) is 3.